The summed E-state index contributed by atoms with van der Waals surface area (Å²) in [6.07, 6.45) is 6.63. The van der Waals surface area contributed by atoms with Crippen molar-refractivity contribution in [3.63, 3.8) is 0 Å². The molecule has 0 aromatic carbocycles. The third-order valence-corrected chi connectivity index (χ3v) is 3.39. The van der Waals surface area contributed by atoms with Crippen molar-refractivity contribution in [1.82, 2.24) is 0 Å². The van der Waals surface area contributed by atoms with E-state index in [2.05, 4.69) is 6.92 Å². The summed E-state index contributed by atoms with van der Waals surface area (Å²) < 4.78 is 5.39. The van der Waals surface area contributed by atoms with Crippen molar-refractivity contribution < 1.29 is 4.74 Å². The molecule has 1 fully saturated rings. The maximum atomic E-state index is 6.14. The maximum Gasteiger partial charge on any atom is 0.0622 e. The molecular weight excluding hydrogens is 162 g/mol. The highest BCUT2D eigenvalue weighted by molar-refractivity contribution is 4.87. The lowest BCUT2D eigenvalue weighted by Gasteiger charge is -2.38. The van der Waals surface area contributed by atoms with E-state index < -0.39 is 0 Å². The largest absolute Gasteiger partial charge is 0.380 e. The molecule has 78 valence electrons. The second-order valence-corrected chi connectivity index (χ2v) is 4.48. The van der Waals surface area contributed by atoms with Gasteiger partial charge in [0, 0.05) is 12.6 Å². The number of ether oxygens (including phenoxy) is 1. The van der Waals surface area contributed by atoms with Gasteiger partial charge in [0.15, 0.2) is 0 Å². The number of hydrogen-bond acceptors (Lipinski definition) is 2. The lowest BCUT2D eigenvalue weighted by atomic mass is 9.71. The molecule has 0 aromatic rings. The Morgan fingerprint density at radius 1 is 1.31 bits per heavy atom. The summed E-state index contributed by atoms with van der Waals surface area (Å²) in [4.78, 5) is 0. The molecule has 2 nitrogen and oxygen atoms in total. The van der Waals surface area contributed by atoms with Gasteiger partial charge in [-0.25, -0.2) is 0 Å². The van der Waals surface area contributed by atoms with Crippen molar-refractivity contribution >= 4 is 0 Å². The molecule has 2 N–H and O–H groups in total. The van der Waals surface area contributed by atoms with Crippen molar-refractivity contribution in [2.75, 3.05) is 13.2 Å². The fourth-order valence-electron chi connectivity index (χ4n) is 2.18. The molecule has 0 aromatic heterocycles. The van der Waals surface area contributed by atoms with Gasteiger partial charge >= 0.3 is 0 Å². The molecule has 0 aliphatic heterocycles. The quantitative estimate of drug-likeness (QED) is 0.729. The molecule has 2 heteroatoms. The zero-order valence-corrected chi connectivity index (χ0v) is 9.01. The monoisotopic (exact) mass is 185 g/mol. The van der Waals surface area contributed by atoms with Gasteiger partial charge in [0.05, 0.1) is 6.61 Å². The van der Waals surface area contributed by atoms with Crippen LogP contribution in [0.4, 0.5) is 0 Å². The van der Waals surface area contributed by atoms with Gasteiger partial charge in [-0.2, -0.15) is 0 Å². The van der Waals surface area contributed by atoms with Crippen LogP contribution in [0, 0.1) is 5.41 Å². The smallest absolute Gasteiger partial charge is 0.0622 e. The van der Waals surface area contributed by atoms with Crippen molar-refractivity contribution in [2.24, 2.45) is 11.1 Å². The van der Waals surface area contributed by atoms with E-state index in [0.29, 0.717) is 5.41 Å². The summed E-state index contributed by atoms with van der Waals surface area (Å²) in [6, 6.07) is 0.229. The first kappa shape index (κ1) is 11.0. The summed E-state index contributed by atoms with van der Waals surface area (Å²) in [7, 11) is 0. The molecule has 0 bridgehead atoms. The molecule has 1 atom stereocenters. The predicted octanol–water partition coefficient (Wildman–Crippen LogP) is 2.32. The van der Waals surface area contributed by atoms with Gasteiger partial charge < -0.3 is 10.5 Å². The molecule has 13 heavy (non-hydrogen) atoms. The highest BCUT2D eigenvalue weighted by atomic mass is 16.5. The van der Waals surface area contributed by atoms with Crippen LogP contribution in [0.2, 0.25) is 0 Å². The second-order valence-electron chi connectivity index (χ2n) is 4.48. The van der Waals surface area contributed by atoms with E-state index in [1.165, 1.54) is 32.1 Å². The van der Waals surface area contributed by atoms with Gasteiger partial charge in [0.1, 0.15) is 0 Å². The Balaban J connectivity index is 2.37. The average molecular weight is 185 g/mol. The summed E-state index contributed by atoms with van der Waals surface area (Å²) in [5.74, 6) is 0. The lowest BCUT2D eigenvalue weighted by Crippen LogP contribution is -2.44. The van der Waals surface area contributed by atoms with Gasteiger partial charge in [0.25, 0.3) is 0 Å². The van der Waals surface area contributed by atoms with Crippen LogP contribution in [-0.2, 0) is 4.74 Å². The number of hydrogen-bond donors (Lipinski definition) is 1. The predicted molar refractivity (Wildman–Crippen MR) is 55.7 cm³/mol. The third-order valence-electron chi connectivity index (χ3n) is 3.39. The zero-order valence-electron chi connectivity index (χ0n) is 9.01. The first-order valence-electron chi connectivity index (χ1n) is 5.52. The van der Waals surface area contributed by atoms with Crippen molar-refractivity contribution in [3.05, 3.63) is 0 Å². The average Bonchev–Trinajstić information content (AvgIpc) is 2.15. The van der Waals surface area contributed by atoms with E-state index in [4.69, 9.17) is 10.5 Å². The highest BCUT2D eigenvalue weighted by Crippen LogP contribution is 2.37. The molecule has 1 aliphatic carbocycles. The Morgan fingerprint density at radius 3 is 2.46 bits per heavy atom. The van der Waals surface area contributed by atoms with Crippen molar-refractivity contribution in [2.45, 2.75) is 52.0 Å². The van der Waals surface area contributed by atoms with Crippen molar-refractivity contribution in [1.29, 1.82) is 0 Å². The van der Waals surface area contributed by atoms with Gasteiger partial charge in [-0.1, -0.05) is 26.2 Å². The van der Waals surface area contributed by atoms with Crippen LogP contribution < -0.4 is 5.73 Å². The van der Waals surface area contributed by atoms with E-state index in [-0.39, 0.29) is 6.04 Å². The minimum absolute atomic E-state index is 0.229. The standard InChI is InChI=1S/C11H23NO/c1-3-13-9-10(12)11(2)7-5-4-6-8-11/h10H,3-9,12H2,1-2H3. The summed E-state index contributed by atoms with van der Waals surface area (Å²) in [5.41, 5.74) is 6.48. The van der Waals surface area contributed by atoms with E-state index in [9.17, 15) is 0 Å². The summed E-state index contributed by atoms with van der Waals surface area (Å²) >= 11 is 0. The Morgan fingerprint density at radius 2 is 1.92 bits per heavy atom. The fraction of sp³-hybridized carbons (Fsp3) is 1.00. The highest BCUT2D eigenvalue weighted by Gasteiger charge is 2.32. The van der Waals surface area contributed by atoms with Gasteiger partial charge in [-0.15, -0.1) is 0 Å². The van der Waals surface area contributed by atoms with Crippen LogP contribution in [0.5, 0.6) is 0 Å². The van der Waals surface area contributed by atoms with Crippen LogP contribution in [-0.4, -0.2) is 19.3 Å². The Bertz CT molecular complexity index is 141. The normalized spacial score (nSPS) is 24.2. The Hall–Kier alpha value is -0.0800. The second kappa shape index (κ2) is 4.97. The van der Waals surface area contributed by atoms with E-state index >= 15 is 0 Å². The van der Waals surface area contributed by atoms with Crippen LogP contribution in [0.25, 0.3) is 0 Å². The molecule has 1 rings (SSSR count). The zero-order chi connectivity index (χ0) is 9.73. The van der Waals surface area contributed by atoms with E-state index in [0.717, 1.165) is 13.2 Å². The fourth-order valence-corrected chi connectivity index (χ4v) is 2.18. The van der Waals surface area contributed by atoms with Gasteiger partial charge in [-0.05, 0) is 25.2 Å². The minimum atomic E-state index is 0.229. The molecular formula is C11H23NO. The minimum Gasteiger partial charge on any atom is -0.380 e. The first-order chi connectivity index (χ1) is 6.19. The SMILES string of the molecule is CCOCC(N)C1(C)CCCCC1. The maximum absolute atomic E-state index is 6.14. The Kier molecular flexibility index (Phi) is 4.20. The van der Waals surface area contributed by atoms with Crippen LogP contribution >= 0.6 is 0 Å². The molecule has 0 heterocycles. The van der Waals surface area contributed by atoms with Crippen LogP contribution in [0.15, 0.2) is 0 Å². The molecule has 1 aliphatic rings. The van der Waals surface area contributed by atoms with Gasteiger partial charge in [-0.3, -0.25) is 0 Å². The van der Waals surface area contributed by atoms with Crippen molar-refractivity contribution in [3.8, 4) is 0 Å². The molecule has 0 saturated heterocycles. The summed E-state index contributed by atoms with van der Waals surface area (Å²) in [6.45, 7) is 5.85. The third kappa shape index (κ3) is 2.96. The topological polar surface area (TPSA) is 35.2 Å². The van der Waals surface area contributed by atoms with E-state index in [1.807, 2.05) is 6.92 Å². The number of rotatable bonds is 4. The molecule has 0 amide bonds. The summed E-state index contributed by atoms with van der Waals surface area (Å²) in [5, 5.41) is 0. The Labute approximate surface area is 81.8 Å². The molecule has 0 radical (unpaired) electrons. The van der Waals surface area contributed by atoms with Crippen LogP contribution in [0.3, 0.4) is 0 Å². The number of nitrogens with two attached hydrogens (primary N) is 1. The first-order valence-corrected chi connectivity index (χ1v) is 5.52. The molecule has 0 spiro atoms. The van der Waals surface area contributed by atoms with Crippen LogP contribution in [0.1, 0.15) is 46.0 Å². The van der Waals surface area contributed by atoms with E-state index in [1.54, 1.807) is 0 Å². The molecule has 1 unspecified atom stereocenters. The van der Waals surface area contributed by atoms with Gasteiger partial charge in [0.2, 0.25) is 0 Å². The lowest BCUT2D eigenvalue weighted by molar-refractivity contribution is 0.0674. The molecule has 1 saturated carbocycles.